The van der Waals surface area contributed by atoms with Crippen LogP contribution in [0.4, 0.5) is 0 Å². The van der Waals surface area contributed by atoms with Gasteiger partial charge in [0.2, 0.25) is 0 Å². The molecule has 0 aliphatic carbocycles. The molecule has 0 saturated heterocycles. The largest absolute Gasteiger partial charge is 0.507 e. The lowest BCUT2D eigenvalue weighted by molar-refractivity contribution is 0.0843. The Kier molecular flexibility index (Phi) is 7.69. The second kappa shape index (κ2) is 10.5. The van der Waals surface area contributed by atoms with Crippen LogP contribution in [0, 0.1) is 0 Å². The number of aromatic hydroxyl groups is 2. The van der Waals surface area contributed by atoms with Gasteiger partial charge in [-0.05, 0) is 46.1 Å². The normalized spacial score (nSPS) is 15.5. The molecular formula is C27H32O6. The standard InChI is InChI=1S/C27H32O6/c1-16(2)7-6-8-17(3)9-10-20-19(11-12-23(32-5)27(20)30)24-15-22(29)26-21(28)13-18(31-4)14-25(26)33-24/h7,9,11-14,24,28,30H,6,8,10,15H2,1-5H3/b17-9+/t24-/m0/s1. The third-order valence-electron chi connectivity index (χ3n) is 5.80. The quantitative estimate of drug-likeness (QED) is 0.474. The minimum absolute atomic E-state index is 0.0404. The van der Waals surface area contributed by atoms with Gasteiger partial charge in [-0.2, -0.15) is 0 Å². The first-order chi connectivity index (χ1) is 15.7. The highest BCUT2D eigenvalue weighted by atomic mass is 16.5. The average molecular weight is 453 g/mol. The summed E-state index contributed by atoms with van der Waals surface area (Å²) in [4.78, 5) is 12.9. The average Bonchev–Trinajstić information content (AvgIpc) is 2.77. The predicted octanol–water partition coefficient (Wildman–Crippen LogP) is 6.06. The Labute approximate surface area is 195 Å². The molecule has 1 atom stereocenters. The van der Waals surface area contributed by atoms with Gasteiger partial charge in [0, 0.05) is 23.3 Å². The molecule has 176 valence electrons. The monoisotopic (exact) mass is 452 g/mol. The lowest BCUT2D eigenvalue weighted by Gasteiger charge is -2.28. The number of fused-ring (bicyclic) bond motifs is 1. The first-order valence-corrected chi connectivity index (χ1v) is 11.0. The number of rotatable bonds is 8. The van der Waals surface area contributed by atoms with Crippen molar-refractivity contribution in [3.63, 3.8) is 0 Å². The molecule has 0 bridgehead atoms. The summed E-state index contributed by atoms with van der Waals surface area (Å²) in [5.74, 6) is 0.678. The van der Waals surface area contributed by atoms with E-state index in [2.05, 4.69) is 32.9 Å². The fourth-order valence-corrected chi connectivity index (χ4v) is 3.98. The number of hydrogen-bond donors (Lipinski definition) is 2. The maximum atomic E-state index is 12.9. The zero-order chi connectivity index (χ0) is 24.1. The van der Waals surface area contributed by atoms with Crippen molar-refractivity contribution in [3.8, 4) is 28.7 Å². The minimum atomic E-state index is -0.609. The number of benzene rings is 2. The highest BCUT2D eigenvalue weighted by Crippen LogP contribution is 2.44. The van der Waals surface area contributed by atoms with Crippen LogP contribution in [0.3, 0.4) is 0 Å². The fourth-order valence-electron chi connectivity index (χ4n) is 3.98. The number of methoxy groups -OCH3 is 2. The number of allylic oxidation sites excluding steroid dienone is 4. The second-order valence-electron chi connectivity index (χ2n) is 8.51. The van der Waals surface area contributed by atoms with E-state index in [1.807, 2.05) is 6.07 Å². The van der Waals surface area contributed by atoms with E-state index in [1.165, 1.54) is 31.4 Å². The predicted molar refractivity (Wildman–Crippen MR) is 128 cm³/mol. The van der Waals surface area contributed by atoms with E-state index in [-0.39, 0.29) is 35.0 Å². The number of phenolic OH excluding ortho intramolecular Hbond substituents is 2. The lowest BCUT2D eigenvalue weighted by Crippen LogP contribution is -2.21. The van der Waals surface area contributed by atoms with E-state index >= 15 is 0 Å². The molecule has 33 heavy (non-hydrogen) atoms. The highest BCUT2D eigenvalue weighted by molar-refractivity contribution is 6.02. The molecule has 1 aliphatic heterocycles. The van der Waals surface area contributed by atoms with Crippen LogP contribution >= 0.6 is 0 Å². The fraction of sp³-hybridized carbons (Fsp3) is 0.370. The van der Waals surface area contributed by atoms with Gasteiger partial charge < -0.3 is 24.4 Å². The molecule has 0 saturated carbocycles. The van der Waals surface area contributed by atoms with Gasteiger partial charge in [0.1, 0.15) is 28.9 Å². The molecular weight excluding hydrogens is 420 g/mol. The van der Waals surface area contributed by atoms with Gasteiger partial charge in [-0.1, -0.05) is 29.4 Å². The van der Waals surface area contributed by atoms with E-state index in [1.54, 1.807) is 12.1 Å². The maximum Gasteiger partial charge on any atom is 0.174 e. The SMILES string of the molecule is COc1cc(O)c2c(c1)O[C@H](c1ccc(OC)c(O)c1C/C=C(\C)CCC=C(C)C)CC2=O. The zero-order valence-corrected chi connectivity index (χ0v) is 19.9. The van der Waals surface area contributed by atoms with Gasteiger partial charge in [0.15, 0.2) is 17.3 Å². The van der Waals surface area contributed by atoms with Crippen molar-refractivity contribution in [2.75, 3.05) is 14.2 Å². The molecule has 2 N–H and O–H groups in total. The highest BCUT2D eigenvalue weighted by Gasteiger charge is 2.33. The van der Waals surface area contributed by atoms with Crippen molar-refractivity contribution in [1.29, 1.82) is 0 Å². The Morgan fingerprint density at radius 1 is 1.12 bits per heavy atom. The molecule has 6 nitrogen and oxygen atoms in total. The van der Waals surface area contributed by atoms with Crippen molar-refractivity contribution < 1.29 is 29.2 Å². The van der Waals surface area contributed by atoms with E-state index in [9.17, 15) is 15.0 Å². The lowest BCUT2D eigenvalue weighted by atomic mass is 9.90. The molecule has 1 aliphatic rings. The first kappa shape index (κ1) is 24.2. The van der Waals surface area contributed by atoms with E-state index in [4.69, 9.17) is 14.2 Å². The molecule has 0 unspecified atom stereocenters. The van der Waals surface area contributed by atoms with Crippen LogP contribution in [0.1, 0.15) is 67.6 Å². The van der Waals surface area contributed by atoms with Crippen LogP contribution in [0.15, 0.2) is 47.6 Å². The number of carbonyl (C=O) groups is 1. The van der Waals surface area contributed by atoms with Crippen LogP contribution in [-0.4, -0.2) is 30.2 Å². The first-order valence-electron chi connectivity index (χ1n) is 11.0. The van der Waals surface area contributed by atoms with Crippen LogP contribution in [-0.2, 0) is 6.42 Å². The van der Waals surface area contributed by atoms with Crippen molar-refractivity contribution in [3.05, 3.63) is 64.3 Å². The number of carbonyl (C=O) groups excluding carboxylic acids is 1. The van der Waals surface area contributed by atoms with Crippen LogP contribution in [0.5, 0.6) is 28.7 Å². The minimum Gasteiger partial charge on any atom is -0.507 e. The molecule has 0 radical (unpaired) electrons. The molecule has 1 heterocycles. The Hall–Kier alpha value is -3.41. The number of ketones is 1. The molecule has 0 amide bonds. The van der Waals surface area contributed by atoms with Crippen molar-refractivity contribution in [1.82, 2.24) is 0 Å². The number of Topliss-reactive ketones (excluding diaryl/α,β-unsaturated/α-hetero) is 1. The number of hydrogen-bond acceptors (Lipinski definition) is 6. The van der Waals surface area contributed by atoms with Crippen molar-refractivity contribution in [2.24, 2.45) is 0 Å². The smallest absolute Gasteiger partial charge is 0.174 e. The van der Waals surface area contributed by atoms with Gasteiger partial charge >= 0.3 is 0 Å². The summed E-state index contributed by atoms with van der Waals surface area (Å²) < 4.78 is 16.7. The molecule has 6 heteroatoms. The van der Waals surface area contributed by atoms with E-state index in [0.29, 0.717) is 29.0 Å². The van der Waals surface area contributed by atoms with Gasteiger partial charge in [-0.15, -0.1) is 0 Å². The number of phenols is 2. The van der Waals surface area contributed by atoms with Gasteiger partial charge in [-0.3, -0.25) is 4.79 Å². The summed E-state index contributed by atoms with van der Waals surface area (Å²) in [6, 6.07) is 6.48. The molecule has 0 fully saturated rings. The van der Waals surface area contributed by atoms with Gasteiger partial charge in [0.05, 0.1) is 20.6 Å². The van der Waals surface area contributed by atoms with Crippen molar-refractivity contribution >= 4 is 5.78 Å². The zero-order valence-electron chi connectivity index (χ0n) is 19.9. The Balaban J connectivity index is 1.95. The molecule has 0 spiro atoms. The Bertz CT molecular complexity index is 1090. The summed E-state index contributed by atoms with van der Waals surface area (Å²) in [6.45, 7) is 6.23. The molecule has 0 aromatic heterocycles. The molecule has 3 rings (SSSR count). The third-order valence-corrected chi connectivity index (χ3v) is 5.80. The molecule has 2 aromatic carbocycles. The third kappa shape index (κ3) is 5.51. The number of ether oxygens (including phenoxy) is 3. The van der Waals surface area contributed by atoms with E-state index < -0.39 is 6.10 Å². The van der Waals surface area contributed by atoms with Crippen molar-refractivity contribution in [2.45, 2.75) is 52.6 Å². The topological polar surface area (TPSA) is 85.2 Å². The van der Waals surface area contributed by atoms with Gasteiger partial charge in [-0.25, -0.2) is 0 Å². The van der Waals surface area contributed by atoms with E-state index in [0.717, 1.165) is 12.8 Å². The van der Waals surface area contributed by atoms with Crippen LogP contribution in [0.25, 0.3) is 0 Å². The summed E-state index contributed by atoms with van der Waals surface area (Å²) in [5, 5.41) is 21.1. The summed E-state index contributed by atoms with van der Waals surface area (Å²) in [6.07, 6.45) is 6.10. The Morgan fingerprint density at radius 2 is 1.88 bits per heavy atom. The molecule has 2 aromatic rings. The summed E-state index contributed by atoms with van der Waals surface area (Å²) in [5.41, 5.74) is 4.02. The summed E-state index contributed by atoms with van der Waals surface area (Å²) in [7, 11) is 2.99. The second-order valence-corrected chi connectivity index (χ2v) is 8.51. The van der Waals surface area contributed by atoms with Crippen LogP contribution in [0.2, 0.25) is 0 Å². The van der Waals surface area contributed by atoms with Gasteiger partial charge in [0.25, 0.3) is 0 Å². The van der Waals surface area contributed by atoms with Crippen LogP contribution < -0.4 is 14.2 Å². The summed E-state index contributed by atoms with van der Waals surface area (Å²) >= 11 is 0. The Morgan fingerprint density at radius 3 is 2.55 bits per heavy atom. The maximum absolute atomic E-state index is 12.9.